The van der Waals surface area contributed by atoms with E-state index in [-0.39, 0.29) is 5.91 Å². The predicted molar refractivity (Wildman–Crippen MR) is 119 cm³/mol. The second kappa shape index (κ2) is 9.41. The number of thiophene rings is 1. The third kappa shape index (κ3) is 5.09. The lowest BCUT2D eigenvalue weighted by atomic mass is 10.1. The van der Waals surface area contributed by atoms with E-state index >= 15 is 0 Å². The van der Waals surface area contributed by atoms with Gasteiger partial charge in [0.25, 0.3) is 5.91 Å². The largest absolute Gasteiger partial charge is 0.416 e. The Balaban J connectivity index is 1.26. The highest BCUT2D eigenvalue weighted by molar-refractivity contribution is 7.12. The number of amides is 1. The van der Waals surface area contributed by atoms with E-state index < -0.39 is 11.7 Å². The number of aromatic amines is 1. The fourth-order valence-electron chi connectivity index (χ4n) is 3.19. The smallest absolute Gasteiger partial charge is 0.354 e. The van der Waals surface area contributed by atoms with Crippen molar-refractivity contribution >= 4 is 39.7 Å². The normalized spacial score (nSPS) is 11.6. The number of nitrogens with zero attached hydrogens (tertiary/aromatic N) is 1. The number of hydrogen-bond acceptors (Lipinski definition) is 5. The van der Waals surface area contributed by atoms with Gasteiger partial charge in [-0.1, -0.05) is 12.1 Å². The van der Waals surface area contributed by atoms with Crippen LogP contribution in [0.3, 0.4) is 0 Å². The standard InChI is InChI=1S/C22H20F3N5OS/c23-22(24,25)15-3-1-14(2-4-15)13-26-10-11-29-21(31)19-18(7-12-32-19)30-17-6-9-28-20-16(17)5-8-27-20/h1-9,12,26H,10-11,13H2,(H,29,31)(H2,27,28,30). The SMILES string of the molecule is O=C(NCCNCc1ccc(C(F)(F)F)cc1)c1sccc1Nc1ccnc2[nH]ccc12. The minimum Gasteiger partial charge on any atom is -0.354 e. The molecule has 0 radical (unpaired) electrons. The number of nitrogens with one attached hydrogen (secondary N) is 4. The van der Waals surface area contributed by atoms with E-state index in [0.717, 1.165) is 34.4 Å². The molecule has 3 aromatic heterocycles. The first-order valence-electron chi connectivity index (χ1n) is 9.83. The molecule has 0 atom stereocenters. The molecule has 3 heterocycles. The zero-order valence-corrected chi connectivity index (χ0v) is 17.6. The van der Waals surface area contributed by atoms with Crippen LogP contribution in [0.2, 0.25) is 0 Å². The Kier molecular flexibility index (Phi) is 6.42. The molecule has 0 aliphatic heterocycles. The fourth-order valence-corrected chi connectivity index (χ4v) is 3.95. The van der Waals surface area contributed by atoms with Gasteiger partial charge in [0.15, 0.2) is 0 Å². The molecule has 6 nitrogen and oxygen atoms in total. The molecule has 32 heavy (non-hydrogen) atoms. The van der Waals surface area contributed by atoms with Crippen molar-refractivity contribution in [2.24, 2.45) is 0 Å². The number of H-pyrrole nitrogens is 1. The van der Waals surface area contributed by atoms with E-state index in [1.54, 1.807) is 6.20 Å². The van der Waals surface area contributed by atoms with Crippen molar-refractivity contribution in [2.75, 3.05) is 18.4 Å². The molecular formula is C22H20F3N5OS. The Morgan fingerprint density at radius 1 is 1.03 bits per heavy atom. The molecule has 0 bridgehead atoms. The Morgan fingerprint density at radius 3 is 2.62 bits per heavy atom. The zero-order chi connectivity index (χ0) is 22.6. The first-order valence-corrected chi connectivity index (χ1v) is 10.7. The maximum Gasteiger partial charge on any atom is 0.416 e. The molecule has 166 valence electrons. The second-order valence-corrected chi connectivity index (χ2v) is 7.93. The van der Waals surface area contributed by atoms with Gasteiger partial charge in [0, 0.05) is 37.4 Å². The van der Waals surface area contributed by atoms with Crippen molar-refractivity contribution < 1.29 is 18.0 Å². The number of rotatable bonds is 8. The molecule has 10 heteroatoms. The van der Waals surface area contributed by atoms with Gasteiger partial charge < -0.3 is 20.9 Å². The van der Waals surface area contributed by atoms with Crippen LogP contribution in [-0.2, 0) is 12.7 Å². The zero-order valence-electron chi connectivity index (χ0n) is 16.8. The summed E-state index contributed by atoms with van der Waals surface area (Å²) >= 11 is 1.34. The molecule has 0 spiro atoms. The summed E-state index contributed by atoms with van der Waals surface area (Å²) in [6, 6.07) is 10.6. The highest BCUT2D eigenvalue weighted by Crippen LogP contribution is 2.30. The summed E-state index contributed by atoms with van der Waals surface area (Å²) in [5, 5.41) is 12.0. The quantitative estimate of drug-likeness (QED) is 0.282. The third-order valence-electron chi connectivity index (χ3n) is 4.80. The molecule has 0 unspecified atom stereocenters. The van der Waals surface area contributed by atoms with Gasteiger partial charge in [0.05, 0.1) is 16.9 Å². The van der Waals surface area contributed by atoms with E-state index in [0.29, 0.717) is 30.2 Å². The molecule has 0 aliphatic rings. The average Bonchev–Trinajstić information content (AvgIpc) is 3.43. The molecule has 0 saturated heterocycles. The van der Waals surface area contributed by atoms with Crippen molar-refractivity contribution in [3.8, 4) is 0 Å². The summed E-state index contributed by atoms with van der Waals surface area (Å²) in [5.41, 5.74) is 2.39. The van der Waals surface area contributed by atoms with Crippen LogP contribution < -0.4 is 16.0 Å². The Hall–Kier alpha value is -3.37. The summed E-state index contributed by atoms with van der Waals surface area (Å²) in [5.74, 6) is -0.196. The number of halogens is 3. The number of pyridine rings is 1. The van der Waals surface area contributed by atoms with E-state index in [1.807, 2.05) is 29.8 Å². The van der Waals surface area contributed by atoms with Crippen molar-refractivity contribution in [3.63, 3.8) is 0 Å². The van der Waals surface area contributed by atoms with Crippen LogP contribution in [-0.4, -0.2) is 29.0 Å². The van der Waals surface area contributed by atoms with Gasteiger partial charge in [-0.15, -0.1) is 11.3 Å². The molecule has 4 aromatic rings. The van der Waals surface area contributed by atoms with E-state index in [2.05, 4.69) is 25.9 Å². The molecule has 0 saturated carbocycles. The summed E-state index contributed by atoms with van der Waals surface area (Å²) in [4.78, 5) is 20.5. The molecule has 4 N–H and O–H groups in total. The lowest BCUT2D eigenvalue weighted by Gasteiger charge is -2.10. The minimum absolute atomic E-state index is 0.196. The number of anilines is 2. The van der Waals surface area contributed by atoms with Crippen molar-refractivity contribution in [1.29, 1.82) is 0 Å². The summed E-state index contributed by atoms with van der Waals surface area (Å²) < 4.78 is 37.8. The van der Waals surface area contributed by atoms with E-state index in [4.69, 9.17) is 0 Å². The van der Waals surface area contributed by atoms with Gasteiger partial charge in [-0.25, -0.2) is 4.98 Å². The molecule has 4 rings (SSSR count). The third-order valence-corrected chi connectivity index (χ3v) is 5.71. The van der Waals surface area contributed by atoms with Crippen LogP contribution in [0, 0.1) is 0 Å². The number of carbonyl (C=O) groups is 1. The predicted octanol–water partition coefficient (Wildman–Crippen LogP) is 4.91. The second-order valence-electron chi connectivity index (χ2n) is 7.01. The van der Waals surface area contributed by atoms with Gasteiger partial charge in [-0.3, -0.25) is 4.79 Å². The van der Waals surface area contributed by atoms with Gasteiger partial charge in [-0.05, 0) is 41.3 Å². The molecule has 0 aliphatic carbocycles. The topological polar surface area (TPSA) is 81.8 Å². The van der Waals surface area contributed by atoms with E-state index in [1.165, 1.54) is 23.5 Å². The average molecular weight is 459 g/mol. The van der Waals surface area contributed by atoms with Crippen molar-refractivity contribution in [1.82, 2.24) is 20.6 Å². The van der Waals surface area contributed by atoms with Crippen LogP contribution in [0.5, 0.6) is 0 Å². The summed E-state index contributed by atoms with van der Waals surface area (Å²) in [6.45, 7) is 1.28. The number of fused-ring (bicyclic) bond motifs is 1. The van der Waals surface area contributed by atoms with Crippen LogP contribution in [0.15, 0.2) is 60.2 Å². The van der Waals surface area contributed by atoms with Crippen molar-refractivity contribution in [3.05, 3.63) is 76.2 Å². The number of hydrogen-bond donors (Lipinski definition) is 4. The maximum atomic E-state index is 12.6. The number of aromatic nitrogens is 2. The van der Waals surface area contributed by atoms with Crippen molar-refractivity contribution in [2.45, 2.75) is 12.7 Å². The lowest BCUT2D eigenvalue weighted by molar-refractivity contribution is -0.137. The molecule has 0 fully saturated rings. The number of carbonyl (C=O) groups excluding carboxylic acids is 1. The van der Waals surface area contributed by atoms with Crippen LogP contribution in [0.25, 0.3) is 11.0 Å². The van der Waals surface area contributed by atoms with Gasteiger partial charge >= 0.3 is 6.18 Å². The van der Waals surface area contributed by atoms with Crippen LogP contribution in [0.1, 0.15) is 20.8 Å². The monoisotopic (exact) mass is 459 g/mol. The highest BCUT2D eigenvalue weighted by Gasteiger charge is 2.29. The Labute approximate surface area is 185 Å². The van der Waals surface area contributed by atoms with Crippen LogP contribution >= 0.6 is 11.3 Å². The Morgan fingerprint density at radius 2 is 1.84 bits per heavy atom. The summed E-state index contributed by atoms with van der Waals surface area (Å²) in [7, 11) is 0. The summed E-state index contributed by atoms with van der Waals surface area (Å²) in [6.07, 6.45) is -0.839. The fraction of sp³-hybridized carbons (Fsp3) is 0.182. The van der Waals surface area contributed by atoms with Gasteiger partial charge in [-0.2, -0.15) is 13.2 Å². The van der Waals surface area contributed by atoms with Gasteiger partial charge in [0.1, 0.15) is 10.5 Å². The van der Waals surface area contributed by atoms with Gasteiger partial charge in [0.2, 0.25) is 0 Å². The first-order chi connectivity index (χ1) is 15.4. The molecular weight excluding hydrogens is 439 g/mol. The molecule has 1 aromatic carbocycles. The van der Waals surface area contributed by atoms with Crippen LogP contribution in [0.4, 0.5) is 24.5 Å². The maximum absolute atomic E-state index is 12.6. The molecule has 1 amide bonds. The minimum atomic E-state index is -4.34. The first kappa shape index (κ1) is 21.8. The van der Waals surface area contributed by atoms with E-state index in [9.17, 15) is 18.0 Å². The number of benzene rings is 1. The lowest BCUT2D eigenvalue weighted by Crippen LogP contribution is -2.31. The highest BCUT2D eigenvalue weighted by atomic mass is 32.1. The number of alkyl halides is 3. The Bertz CT molecular complexity index is 1200.